The van der Waals surface area contributed by atoms with E-state index in [0.717, 1.165) is 6.42 Å². The second-order valence-electron chi connectivity index (χ2n) is 5.50. The molecule has 8 nitrogen and oxygen atoms in total. The standard InChI is InChI=1S/C12H15N3O5/c16-9-4-14(5-10(17)13-9)12(20)15-6-1-2-8(15)7(3-6)11(18)19/h6-8H,1-5H2,(H,18,19)(H,13,16,17). The van der Waals surface area contributed by atoms with E-state index in [4.69, 9.17) is 5.11 Å². The highest BCUT2D eigenvalue weighted by Gasteiger charge is 2.52. The summed E-state index contributed by atoms with van der Waals surface area (Å²) >= 11 is 0. The first-order valence-corrected chi connectivity index (χ1v) is 6.60. The Morgan fingerprint density at radius 3 is 2.35 bits per heavy atom. The van der Waals surface area contributed by atoms with Gasteiger partial charge in [-0.15, -0.1) is 0 Å². The maximum absolute atomic E-state index is 12.4. The number of rotatable bonds is 1. The molecule has 0 radical (unpaired) electrons. The predicted molar refractivity (Wildman–Crippen MR) is 64.5 cm³/mol. The van der Waals surface area contributed by atoms with Crippen LogP contribution in [0.5, 0.6) is 0 Å². The lowest BCUT2D eigenvalue weighted by Gasteiger charge is -2.32. The number of amides is 4. The molecular weight excluding hydrogens is 266 g/mol. The lowest BCUT2D eigenvalue weighted by atomic mass is 9.89. The fraction of sp³-hybridized carbons (Fsp3) is 0.667. The molecule has 3 heterocycles. The van der Waals surface area contributed by atoms with E-state index < -0.39 is 29.7 Å². The Balaban J connectivity index is 1.76. The van der Waals surface area contributed by atoms with Gasteiger partial charge in [-0.2, -0.15) is 0 Å². The van der Waals surface area contributed by atoms with Gasteiger partial charge in [0.25, 0.3) is 0 Å². The van der Waals surface area contributed by atoms with E-state index >= 15 is 0 Å². The van der Waals surface area contributed by atoms with E-state index in [0.29, 0.717) is 12.8 Å². The van der Waals surface area contributed by atoms with Gasteiger partial charge in [0.1, 0.15) is 13.1 Å². The fourth-order valence-electron chi connectivity index (χ4n) is 3.49. The zero-order chi connectivity index (χ0) is 14.4. The van der Waals surface area contributed by atoms with E-state index in [2.05, 4.69) is 5.32 Å². The number of hydrogen-bond donors (Lipinski definition) is 2. The molecule has 3 rings (SSSR count). The fourth-order valence-corrected chi connectivity index (χ4v) is 3.49. The number of carbonyl (C=O) groups excluding carboxylic acids is 3. The lowest BCUT2D eigenvalue weighted by Crippen LogP contribution is -2.57. The highest BCUT2D eigenvalue weighted by Crippen LogP contribution is 2.42. The number of carbonyl (C=O) groups is 4. The van der Waals surface area contributed by atoms with Gasteiger partial charge in [0, 0.05) is 12.1 Å². The second kappa shape index (κ2) is 4.46. The Kier molecular flexibility index (Phi) is 2.88. The molecule has 3 saturated heterocycles. The average molecular weight is 281 g/mol. The Morgan fingerprint density at radius 2 is 1.80 bits per heavy atom. The molecule has 2 N–H and O–H groups in total. The molecule has 8 heteroatoms. The van der Waals surface area contributed by atoms with Crippen molar-refractivity contribution in [1.29, 1.82) is 0 Å². The molecule has 0 saturated carbocycles. The molecule has 0 aliphatic carbocycles. The molecule has 3 fully saturated rings. The van der Waals surface area contributed by atoms with E-state index in [1.165, 1.54) is 4.90 Å². The predicted octanol–water partition coefficient (Wildman–Crippen LogP) is -0.998. The van der Waals surface area contributed by atoms with Crippen molar-refractivity contribution in [2.75, 3.05) is 13.1 Å². The summed E-state index contributed by atoms with van der Waals surface area (Å²) in [7, 11) is 0. The Bertz CT molecular complexity index is 489. The monoisotopic (exact) mass is 281 g/mol. The van der Waals surface area contributed by atoms with Crippen molar-refractivity contribution in [3.63, 3.8) is 0 Å². The molecule has 0 aromatic rings. The molecule has 0 spiro atoms. The number of piperazine rings is 1. The minimum Gasteiger partial charge on any atom is -0.481 e. The Labute approximate surface area is 114 Å². The molecule has 3 unspecified atom stereocenters. The van der Waals surface area contributed by atoms with Crippen molar-refractivity contribution in [2.24, 2.45) is 5.92 Å². The molecule has 0 aromatic carbocycles. The van der Waals surface area contributed by atoms with Crippen LogP contribution in [0.1, 0.15) is 19.3 Å². The number of nitrogens with one attached hydrogen (secondary N) is 1. The van der Waals surface area contributed by atoms with Crippen LogP contribution in [0.15, 0.2) is 0 Å². The average Bonchev–Trinajstić information content (AvgIpc) is 2.94. The summed E-state index contributed by atoms with van der Waals surface area (Å²) in [5.74, 6) is -2.43. The van der Waals surface area contributed by atoms with Crippen molar-refractivity contribution in [3.8, 4) is 0 Å². The number of hydrogen-bond acceptors (Lipinski definition) is 4. The summed E-state index contributed by atoms with van der Waals surface area (Å²) < 4.78 is 0. The van der Waals surface area contributed by atoms with Crippen molar-refractivity contribution >= 4 is 23.8 Å². The van der Waals surface area contributed by atoms with Crippen molar-refractivity contribution in [2.45, 2.75) is 31.3 Å². The molecule has 20 heavy (non-hydrogen) atoms. The van der Waals surface area contributed by atoms with Crippen LogP contribution >= 0.6 is 0 Å². The Morgan fingerprint density at radius 1 is 1.15 bits per heavy atom. The summed E-state index contributed by atoms with van der Waals surface area (Å²) in [5, 5.41) is 11.3. The lowest BCUT2D eigenvalue weighted by molar-refractivity contribution is -0.143. The van der Waals surface area contributed by atoms with Crippen molar-refractivity contribution in [3.05, 3.63) is 0 Å². The maximum Gasteiger partial charge on any atom is 0.321 e. The van der Waals surface area contributed by atoms with Gasteiger partial charge in [-0.05, 0) is 19.3 Å². The van der Waals surface area contributed by atoms with Crippen LogP contribution in [-0.4, -0.2) is 63.9 Å². The smallest absolute Gasteiger partial charge is 0.321 e. The third-order valence-corrected chi connectivity index (χ3v) is 4.29. The summed E-state index contributed by atoms with van der Waals surface area (Å²) in [6.45, 7) is -0.309. The molecule has 0 aromatic heterocycles. The van der Waals surface area contributed by atoms with Crippen LogP contribution in [0.4, 0.5) is 4.79 Å². The molecule has 108 valence electrons. The third kappa shape index (κ3) is 1.91. The molecule has 3 aliphatic rings. The molecule has 3 aliphatic heterocycles. The van der Waals surface area contributed by atoms with E-state index in [1.807, 2.05) is 0 Å². The van der Waals surface area contributed by atoms with E-state index in [1.54, 1.807) is 4.90 Å². The first-order chi connectivity index (χ1) is 9.47. The largest absolute Gasteiger partial charge is 0.481 e. The SMILES string of the molecule is O=C1CN(C(=O)N2C3CCC2C(C(=O)O)C3)CC(=O)N1. The number of nitrogens with zero attached hydrogens (tertiary/aromatic N) is 2. The van der Waals surface area contributed by atoms with Crippen molar-refractivity contribution in [1.82, 2.24) is 15.1 Å². The quantitative estimate of drug-likeness (QED) is 0.600. The van der Waals surface area contributed by atoms with Crippen LogP contribution in [0, 0.1) is 5.92 Å². The van der Waals surface area contributed by atoms with Crippen LogP contribution in [0.2, 0.25) is 0 Å². The summed E-state index contributed by atoms with van der Waals surface area (Å²) in [5.41, 5.74) is 0. The third-order valence-electron chi connectivity index (χ3n) is 4.29. The van der Waals surface area contributed by atoms with Gasteiger partial charge in [0.05, 0.1) is 5.92 Å². The summed E-state index contributed by atoms with van der Waals surface area (Å²) in [6.07, 6.45) is 1.91. The number of urea groups is 1. The van der Waals surface area contributed by atoms with Gasteiger partial charge in [0.2, 0.25) is 11.8 Å². The molecule has 3 atom stereocenters. The number of carboxylic acid groups (broad SMARTS) is 1. The second-order valence-corrected chi connectivity index (χ2v) is 5.50. The first-order valence-electron chi connectivity index (χ1n) is 6.60. The van der Waals surface area contributed by atoms with Crippen LogP contribution in [0.25, 0.3) is 0 Å². The summed E-state index contributed by atoms with van der Waals surface area (Å²) in [6, 6.07) is -0.803. The van der Waals surface area contributed by atoms with Crippen LogP contribution in [-0.2, 0) is 14.4 Å². The number of imide groups is 1. The number of fused-ring (bicyclic) bond motifs is 2. The summed E-state index contributed by atoms with van der Waals surface area (Å²) in [4.78, 5) is 49.0. The van der Waals surface area contributed by atoms with Crippen molar-refractivity contribution < 1.29 is 24.3 Å². The maximum atomic E-state index is 12.4. The minimum absolute atomic E-state index is 0.0892. The van der Waals surface area contributed by atoms with E-state index in [-0.39, 0.29) is 25.2 Å². The Hall–Kier alpha value is -2.12. The van der Waals surface area contributed by atoms with Gasteiger partial charge in [-0.3, -0.25) is 19.7 Å². The van der Waals surface area contributed by atoms with Gasteiger partial charge in [0.15, 0.2) is 0 Å². The van der Waals surface area contributed by atoms with Crippen LogP contribution in [0.3, 0.4) is 0 Å². The number of aliphatic carboxylic acids is 1. The van der Waals surface area contributed by atoms with Crippen LogP contribution < -0.4 is 5.32 Å². The highest BCUT2D eigenvalue weighted by molar-refractivity contribution is 6.02. The normalized spacial score (nSPS) is 32.5. The highest BCUT2D eigenvalue weighted by atomic mass is 16.4. The zero-order valence-corrected chi connectivity index (χ0v) is 10.7. The molecule has 4 amide bonds. The minimum atomic E-state index is -0.887. The first kappa shape index (κ1) is 12.9. The van der Waals surface area contributed by atoms with E-state index in [9.17, 15) is 19.2 Å². The zero-order valence-electron chi connectivity index (χ0n) is 10.7. The number of carboxylic acids is 1. The molecule has 2 bridgehead atoms. The molecular formula is C12H15N3O5. The van der Waals surface area contributed by atoms with Gasteiger partial charge < -0.3 is 14.9 Å². The topological polar surface area (TPSA) is 107 Å². The van der Waals surface area contributed by atoms with Gasteiger partial charge in [-0.25, -0.2) is 4.79 Å². The van der Waals surface area contributed by atoms with Gasteiger partial charge in [-0.1, -0.05) is 0 Å². The van der Waals surface area contributed by atoms with Gasteiger partial charge >= 0.3 is 12.0 Å².